The molecule has 0 fully saturated rings. The normalized spacial score (nSPS) is 10.4. The molecule has 1 N–H and O–H groups in total. The van der Waals surface area contributed by atoms with E-state index in [1.165, 1.54) is 0 Å². The number of amides is 1. The summed E-state index contributed by atoms with van der Waals surface area (Å²) in [5.41, 5.74) is 2.76. The summed E-state index contributed by atoms with van der Waals surface area (Å²) in [6.07, 6.45) is 0.656. The monoisotopic (exact) mass is 334 g/mol. The van der Waals surface area contributed by atoms with Gasteiger partial charge in [0.25, 0.3) is 5.91 Å². The molecule has 0 aliphatic heterocycles. The van der Waals surface area contributed by atoms with Gasteiger partial charge < -0.3 is 5.32 Å². The number of hydrogen-bond acceptors (Lipinski definition) is 4. The van der Waals surface area contributed by atoms with Gasteiger partial charge in [-0.15, -0.1) is 0 Å². The van der Waals surface area contributed by atoms with Crippen molar-refractivity contribution in [3.8, 4) is 0 Å². The number of pyridine rings is 1. The third kappa shape index (κ3) is 3.19. The molecule has 0 aliphatic rings. The summed E-state index contributed by atoms with van der Waals surface area (Å²) >= 11 is 3.38. The molecule has 2 rings (SSSR count). The van der Waals surface area contributed by atoms with Gasteiger partial charge in [-0.05, 0) is 54.4 Å². The van der Waals surface area contributed by atoms with Crippen molar-refractivity contribution in [1.82, 2.24) is 15.2 Å². The van der Waals surface area contributed by atoms with Crippen molar-refractivity contribution in [1.29, 1.82) is 0 Å². The maximum absolute atomic E-state index is 12.3. The van der Waals surface area contributed by atoms with E-state index in [1.54, 1.807) is 12.1 Å². The molecule has 0 radical (unpaired) electrons. The first-order valence-electron chi connectivity index (χ1n) is 6.29. The number of aromatic nitrogens is 3. The number of nitrogens with zero attached hydrogens (tertiary/aromatic N) is 3. The van der Waals surface area contributed by atoms with Crippen LogP contribution in [0.4, 0.5) is 5.82 Å². The fourth-order valence-electron chi connectivity index (χ4n) is 1.77. The van der Waals surface area contributed by atoms with Gasteiger partial charge in [-0.2, -0.15) is 10.2 Å². The first-order chi connectivity index (χ1) is 9.51. The van der Waals surface area contributed by atoms with E-state index in [1.807, 2.05) is 26.8 Å². The number of halogens is 1. The van der Waals surface area contributed by atoms with Crippen LogP contribution < -0.4 is 5.32 Å². The smallest absolute Gasteiger partial charge is 0.258 e. The Labute approximate surface area is 126 Å². The number of carbonyl (C=O) groups excluding carboxylic acids is 1. The van der Waals surface area contributed by atoms with Gasteiger partial charge in [0, 0.05) is 4.47 Å². The summed E-state index contributed by atoms with van der Waals surface area (Å²) in [6.45, 7) is 5.62. The van der Waals surface area contributed by atoms with Gasteiger partial charge in [-0.25, -0.2) is 4.98 Å². The van der Waals surface area contributed by atoms with Crippen LogP contribution >= 0.6 is 15.9 Å². The van der Waals surface area contributed by atoms with E-state index in [0.29, 0.717) is 29.2 Å². The predicted molar refractivity (Wildman–Crippen MR) is 80.8 cm³/mol. The van der Waals surface area contributed by atoms with Crippen LogP contribution in [0.1, 0.15) is 34.4 Å². The first kappa shape index (κ1) is 14.6. The van der Waals surface area contributed by atoms with E-state index in [-0.39, 0.29) is 5.91 Å². The fourth-order valence-corrected chi connectivity index (χ4v) is 1.99. The number of anilines is 1. The summed E-state index contributed by atoms with van der Waals surface area (Å²) in [5.74, 6) is 0.307. The molecule has 0 aliphatic carbocycles. The van der Waals surface area contributed by atoms with Crippen LogP contribution in [0, 0.1) is 13.8 Å². The Balaban J connectivity index is 2.27. The van der Waals surface area contributed by atoms with Gasteiger partial charge in [0.15, 0.2) is 0 Å². The molecule has 0 bridgehead atoms. The van der Waals surface area contributed by atoms with Gasteiger partial charge >= 0.3 is 0 Å². The van der Waals surface area contributed by atoms with Crippen molar-refractivity contribution >= 4 is 27.7 Å². The summed E-state index contributed by atoms with van der Waals surface area (Å²) < 4.78 is 0.908. The highest BCUT2D eigenvalue weighted by Gasteiger charge is 2.14. The van der Waals surface area contributed by atoms with Gasteiger partial charge in [-0.3, -0.25) is 4.79 Å². The zero-order valence-corrected chi connectivity index (χ0v) is 13.2. The Morgan fingerprint density at radius 1 is 1.30 bits per heavy atom. The molecule has 1 amide bonds. The third-order valence-corrected chi connectivity index (χ3v) is 3.67. The second-order valence-electron chi connectivity index (χ2n) is 4.42. The van der Waals surface area contributed by atoms with Crippen molar-refractivity contribution in [2.75, 3.05) is 5.32 Å². The SMILES string of the molecule is CCc1nnc(C)cc1C(=O)Nc1ccc(Br)c(C)n1. The molecule has 104 valence electrons. The first-order valence-corrected chi connectivity index (χ1v) is 7.08. The lowest BCUT2D eigenvalue weighted by atomic mass is 10.1. The topological polar surface area (TPSA) is 67.8 Å². The van der Waals surface area contributed by atoms with Crippen LogP contribution in [0.5, 0.6) is 0 Å². The van der Waals surface area contributed by atoms with E-state index in [9.17, 15) is 4.79 Å². The van der Waals surface area contributed by atoms with Crippen LogP contribution in [0.25, 0.3) is 0 Å². The fraction of sp³-hybridized carbons (Fsp3) is 0.286. The third-order valence-electron chi connectivity index (χ3n) is 2.84. The van der Waals surface area contributed by atoms with Crippen molar-refractivity contribution in [3.05, 3.63) is 45.3 Å². The molecule has 20 heavy (non-hydrogen) atoms. The van der Waals surface area contributed by atoms with Crippen LogP contribution in [-0.4, -0.2) is 21.1 Å². The van der Waals surface area contributed by atoms with E-state index >= 15 is 0 Å². The second kappa shape index (κ2) is 6.09. The van der Waals surface area contributed by atoms with Crippen LogP contribution in [0.3, 0.4) is 0 Å². The number of rotatable bonds is 3. The molecular weight excluding hydrogens is 320 g/mol. The van der Waals surface area contributed by atoms with Gasteiger partial charge in [0.2, 0.25) is 0 Å². The van der Waals surface area contributed by atoms with Crippen molar-refractivity contribution in [3.63, 3.8) is 0 Å². The molecule has 0 unspecified atom stereocenters. The van der Waals surface area contributed by atoms with Gasteiger partial charge in [-0.1, -0.05) is 6.92 Å². The average molecular weight is 335 g/mol. The Morgan fingerprint density at radius 2 is 2.05 bits per heavy atom. The average Bonchev–Trinajstić information content (AvgIpc) is 2.43. The lowest BCUT2D eigenvalue weighted by Gasteiger charge is -2.09. The van der Waals surface area contributed by atoms with Crippen molar-refractivity contribution < 1.29 is 4.79 Å². The molecule has 0 saturated carbocycles. The maximum Gasteiger partial charge on any atom is 0.258 e. The summed E-state index contributed by atoms with van der Waals surface area (Å²) in [4.78, 5) is 16.6. The highest BCUT2D eigenvalue weighted by molar-refractivity contribution is 9.10. The Kier molecular flexibility index (Phi) is 4.44. The van der Waals surface area contributed by atoms with E-state index in [0.717, 1.165) is 10.2 Å². The van der Waals surface area contributed by atoms with E-state index in [2.05, 4.69) is 36.4 Å². The lowest BCUT2D eigenvalue weighted by molar-refractivity contribution is 0.102. The van der Waals surface area contributed by atoms with E-state index in [4.69, 9.17) is 0 Å². The Bertz CT molecular complexity index is 658. The quantitative estimate of drug-likeness (QED) is 0.936. The van der Waals surface area contributed by atoms with Gasteiger partial charge in [0.1, 0.15) is 5.82 Å². The van der Waals surface area contributed by atoms with E-state index < -0.39 is 0 Å². The van der Waals surface area contributed by atoms with Crippen LogP contribution in [0.15, 0.2) is 22.7 Å². The predicted octanol–water partition coefficient (Wildman–Crippen LogP) is 3.07. The number of nitrogens with one attached hydrogen (secondary N) is 1. The maximum atomic E-state index is 12.3. The second-order valence-corrected chi connectivity index (χ2v) is 5.27. The highest BCUT2D eigenvalue weighted by atomic mass is 79.9. The summed E-state index contributed by atoms with van der Waals surface area (Å²) in [5, 5.41) is 10.8. The summed E-state index contributed by atoms with van der Waals surface area (Å²) in [6, 6.07) is 5.35. The standard InChI is InChI=1S/C14H15BrN4O/c1-4-12-10(7-8(2)18-19-12)14(20)17-13-6-5-11(15)9(3)16-13/h5-7H,4H2,1-3H3,(H,16,17,20). The largest absolute Gasteiger partial charge is 0.306 e. The molecule has 2 heterocycles. The molecule has 6 heteroatoms. The van der Waals surface area contributed by atoms with Crippen molar-refractivity contribution in [2.24, 2.45) is 0 Å². The zero-order chi connectivity index (χ0) is 14.7. The molecule has 0 spiro atoms. The number of hydrogen-bond donors (Lipinski definition) is 1. The molecule has 0 saturated heterocycles. The molecule has 5 nitrogen and oxygen atoms in total. The number of carbonyl (C=O) groups is 1. The highest BCUT2D eigenvalue weighted by Crippen LogP contribution is 2.17. The van der Waals surface area contributed by atoms with Crippen LogP contribution in [0.2, 0.25) is 0 Å². The minimum atomic E-state index is -0.214. The summed E-state index contributed by atoms with van der Waals surface area (Å²) in [7, 11) is 0. The van der Waals surface area contributed by atoms with Gasteiger partial charge in [0.05, 0.1) is 22.6 Å². The minimum absolute atomic E-state index is 0.214. The molecule has 2 aromatic heterocycles. The number of aryl methyl sites for hydroxylation is 3. The molecular formula is C14H15BrN4O. The Morgan fingerprint density at radius 3 is 2.70 bits per heavy atom. The Hall–Kier alpha value is -1.82. The molecule has 0 aromatic carbocycles. The van der Waals surface area contributed by atoms with Crippen molar-refractivity contribution in [2.45, 2.75) is 27.2 Å². The molecule has 0 atom stereocenters. The zero-order valence-electron chi connectivity index (χ0n) is 11.6. The minimum Gasteiger partial charge on any atom is -0.306 e. The van der Waals surface area contributed by atoms with Crippen LogP contribution in [-0.2, 0) is 6.42 Å². The lowest BCUT2D eigenvalue weighted by Crippen LogP contribution is -2.17. The molecule has 2 aromatic rings.